The molecule has 0 aliphatic heterocycles. The molecule has 0 spiro atoms. The minimum atomic E-state index is -0.866. The van der Waals surface area contributed by atoms with Crippen LogP contribution in [0, 0.1) is 6.92 Å². The zero-order valence-electron chi connectivity index (χ0n) is 8.79. The molecule has 0 fully saturated rings. The Morgan fingerprint density at radius 1 is 1.43 bits per heavy atom. The van der Waals surface area contributed by atoms with Crippen molar-refractivity contribution in [1.29, 1.82) is 0 Å². The highest BCUT2D eigenvalue weighted by molar-refractivity contribution is 5.89. The topological polar surface area (TPSA) is 50.2 Å². The fraction of sp³-hybridized carbons (Fsp3) is 0.455. The number of aryl methyl sites for hydroxylation is 2. The van der Waals surface area contributed by atoms with Gasteiger partial charge in [-0.2, -0.15) is 0 Å². The summed E-state index contributed by atoms with van der Waals surface area (Å²) in [6.45, 7) is 5.78. The van der Waals surface area contributed by atoms with Crippen molar-refractivity contribution in [2.24, 2.45) is 0 Å². The molecule has 1 N–H and O–H groups in total. The molecule has 1 aromatic rings. The number of hydrogen-bond donors (Lipinski definition) is 1. The van der Waals surface area contributed by atoms with Crippen LogP contribution in [0.25, 0.3) is 0 Å². The Bertz CT molecular complexity index is 359. The van der Waals surface area contributed by atoms with Crippen LogP contribution in [0.2, 0.25) is 0 Å². The van der Waals surface area contributed by atoms with E-state index in [0.717, 1.165) is 29.8 Å². The van der Waals surface area contributed by atoms with Crippen LogP contribution in [0.4, 0.5) is 0 Å². The Balaban J connectivity index is 3.34. The molecule has 76 valence electrons. The summed E-state index contributed by atoms with van der Waals surface area (Å²) in [5, 5.41) is 8.98. The third kappa shape index (κ3) is 1.92. The van der Waals surface area contributed by atoms with Gasteiger partial charge in [0.15, 0.2) is 0 Å². The van der Waals surface area contributed by atoms with Crippen LogP contribution in [-0.4, -0.2) is 16.1 Å². The highest BCUT2D eigenvalue weighted by Gasteiger charge is 2.12. The average Bonchev–Trinajstić information content (AvgIpc) is 2.17. The molecule has 0 radical (unpaired) electrons. The monoisotopic (exact) mass is 193 g/mol. The average molecular weight is 193 g/mol. The Hall–Kier alpha value is -1.38. The fourth-order valence-electron chi connectivity index (χ4n) is 1.47. The van der Waals surface area contributed by atoms with Gasteiger partial charge in [-0.15, -0.1) is 0 Å². The van der Waals surface area contributed by atoms with Gasteiger partial charge < -0.3 is 5.11 Å². The third-order valence-electron chi connectivity index (χ3n) is 2.35. The molecule has 3 heteroatoms. The van der Waals surface area contributed by atoms with Crippen LogP contribution in [0.1, 0.15) is 41.2 Å². The normalized spacial score (nSPS) is 10.2. The maximum Gasteiger partial charge on any atom is 0.336 e. The summed E-state index contributed by atoms with van der Waals surface area (Å²) >= 11 is 0. The lowest BCUT2D eigenvalue weighted by Gasteiger charge is -2.08. The molecule has 0 saturated carbocycles. The van der Waals surface area contributed by atoms with E-state index in [2.05, 4.69) is 4.98 Å². The minimum absolute atomic E-state index is 0.383. The summed E-state index contributed by atoms with van der Waals surface area (Å²) < 4.78 is 0. The number of rotatable bonds is 3. The first kappa shape index (κ1) is 10.7. The Morgan fingerprint density at radius 3 is 2.50 bits per heavy atom. The lowest BCUT2D eigenvalue weighted by atomic mass is 10.0. The predicted molar refractivity (Wildman–Crippen MR) is 54.7 cm³/mol. The molecule has 0 saturated heterocycles. The number of carbonyl (C=O) groups is 1. The first-order chi connectivity index (χ1) is 6.60. The molecular weight excluding hydrogens is 178 g/mol. The van der Waals surface area contributed by atoms with Crippen molar-refractivity contribution in [2.45, 2.75) is 33.6 Å². The summed E-state index contributed by atoms with van der Waals surface area (Å²) in [7, 11) is 0. The van der Waals surface area contributed by atoms with Crippen LogP contribution in [-0.2, 0) is 12.8 Å². The molecule has 1 heterocycles. The summed E-state index contributed by atoms with van der Waals surface area (Å²) in [6, 6.07) is 1.66. The van der Waals surface area contributed by atoms with Crippen LogP contribution in [0.3, 0.4) is 0 Å². The molecule has 0 unspecified atom stereocenters. The van der Waals surface area contributed by atoms with Gasteiger partial charge in [0, 0.05) is 11.4 Å². The highest BCUT2D eigenvalue weighted by Crippen LogP contribution is 2.14. The van der Waals surface area contributed by atoms with Crippen molar-refractivity contribution in [3.63, 3.8) is 0 Å². The summed E-state index contributed by atoms with van der Waals surface area (Å²) in [6.07, 6.45) is 1.55. The number of aromatic carboxylic acids is 1. The van der Waals surface area contributed by atoms with Crippen molar-refractivity contribution in [3.8, 4) is 0 Å². The van der Waals surface area contributed by atoms with Gasteiger partial charge in [0.05, 0.1) is 5.56 Å². The van der Waals surface area contributed by atoms with Crippen LogP contribution >= 0.6 is 0 Å². The van der Waals surface area contributed by atoms with Gasteiger partial charge in [0.25, 0.3) is 0 Å². The number of carboxylic acids is 1. The molecule has 1 aromatic heterocycles. The zero-order valence-corrected chi connectivity index (χ0v) is 8.79. The predicted octanol–water partition coefficient (Wildman–Crippen LogP) is 2.21. The Kier molecular flexibility index (Phi) is 3.23. The van der Waals surface area contributed by atoms with Crippen molar-refractivity contribution in [1.82, 2.24) is 4.98 Å². The van der Waals surface area contributed by atoms with Crippen molar-refractivity contribution < 1.29 is 9.90 Å². The Labute approximate surface area is 83.8 Å². The van der Waals surface area contributed by atoms with Gasteiger partial charge in [-0.1, -0.05) is 13.8 Å². The molecule has 0 amide bonds. The molecule has 0 aromatic carbocycles. The van der Waals surface area contributed by atoms with E-state index < -0.39 is 5.97 Å². The molecule has 0 aliphatic rings. The van der Waals surface area contributed by atoms with Crippen molar-refractivity contribution in [2.75, 3.05) is 0 Å². The number of nitrogens with zero attached hydrogens (tertiary/aromatic N) is 1. The summed E-state index contributed by atoms with van der Waals surface area (Å²) in [4.78, 5) is 15.3. The molecular formula is C11H15NO2. The van der Waals surface area contributed by atoms with Crippen LogP contribution in [0.5, 0.6) is 0 Å². The maximum atomic E-state index is 10.9. The van der Waals surface area contributed by atoms with Crippen LogP contribution < -0.4 is 0 Å². The van der Waals surface area contributed by atoms with Gasteiger partial charge in [0.2, 0.25) is 0 Å². The van der Waals surface area contributed by atoms with Crippen molar-refractivity contribution in [3.05, 3.63) is 28.6 Å². The van der Waals surface area contributed by atoms with E-state index in [1.54, 1.807) is 6.07 Å². The summed E-state index contributed by atoms with van der Waals surface area (Å²) in [5.41, 5.74) is 2.91. The second-order valence-electron chi connectivity index (χ2n) is 3.25. The highest BCUT2D eigenvalue weighted by atomic mass is 16.4. The SMILES string of the molecule is CCc1cc(C(=O)O)c(C)c(CC)n1. The largest absolute Gasteiger partial charge is 0.478 e. The zero-order chi connectivity index (χ0) is 10.7. The molecule has 14 heavy (non-hydrogen) atoms. The maximum absolute atomic E-state index is 10.9. The van der Waals surface area contributed by atoms with E-state index >= 15 is 0 Å². The fourth-order valence-corrected chi connectivity index (χ4v) is 1.47. The molecule has 3 nitrogen and oxygen atoms in total. The first-order valence-electron chi connectivity index (χ1n) is 4.82. The molecule has 0 bridgehead atoms. The third-order valence-corrected chi connectivity index (χ3v) is 2.35. The lowest BCUT2D eigenvalue weighted by molar-refractivity contribution is 0.0695. The van der Waals surface area contributed by atoms with Crippen LogP contribution in [0.15, 0.2) is 6.07 Å². The minimum Gasteiger partial charge on any atom is -0.478 e. The lowest BCUT2D eigenvalue weighted by Crippen LogP contribution is -2.07. The molecule has 0 aliphatic carbocycles. The van der Waals surface area contributed by atoms with Gasteiger partial charge in [0.1, 0.15) is 0 Å². The van der Waals surface area contributed by atoms with Gasteiger partial charge in [-0.25, -0.2) is 4.79 Å². The van der Waals surface area contributed by atoms with Gasteiger partial charge in [-0.3, -0.25) is 4.98 Å². The second-order valence-corrected chi connectivity index (χ2v) is 3.25. The number of aromatic nitrogens is 1. The number of hydrogen-bond acceptors (Lipinski definition) is 2. The van der Waals surface area contributed by atoms with E-state index in [1.807, 2.05) is 20.8 Å². The van der Waals surface area contributed by atoms with Gasteiger partial charge in [-0.05, 0) is 31.4 Å². The molecule has 0 atom stereocenters. The Morgan fingerprint density at radius 2 is 2.07 bits per heavy atom. The van der Waals surface area contributed by atoms with E-state index in [0.29, 0.717) is 5.56 Å². The van der Waals surface area contributed by atoms with E-state index in [1.165, 1.54) is 0 Å². The van der Waals surface area contributed by atoms with E-state index in [-0.39, 0.29) is 0 Å². The molecule has 1 rings (SSSR count). The summed E-state index contributed by atoms with van der Waals surface area (Å²) in [5.74, 6) is -0.866. The standard InChI is InChI=1S/C11H15NO2/c1-4-8-6-9(11(13)14)7(3)10(5-2)12-8/h6H,4-5H2,1-3H3,(H,13,14). The van der Waals surface area contributed by atoms with Gasteiger partial charge >= 0.3 is 5.97 Å². The van der Waals surface area contributed by atoms with Crippen molar-refractivity contribution >= 4 is 5.97 Å². The quantitative estimate of drug-likeness (QED) is 0.800. The first-order valence-corrected chi connectivity index (χ1v) is 4.82. The number of carboxylic acid groups (broad SMARTS) is 1. The smallest absolute Gasteiger partial charge is 0.336 e. The number of pyridine rings is 1. The second kappa shape index (κ2) is 4.22. The van der Waals surface area contributed by atoms with E-state index in [4.69, 9.17) is 5.11 Å². The van der Waals surface area contributed by atoms with E-state index in [9.17, 15) is 4.79 Å².